The van der Waals surface area contributed by atoms with E-state index in [1.807, 2.05) is 6.92 Å². The maximum absolute atomic E-state index is 14.9. The van der Waals surface area contributed by atoms with Gasteiger partial charge >= 0.3 is 0 Å². The third kappa shape index (κ3) is 5.64. The van der Waals surface area contributed by atoms with Gasteiger partial charge in [-0.05, 0) is 75.6 Å². The van der Waals surface area contributed by atoms with Crippen LogP contribution in [0.4, 0.5) is 10.2 Å². The Hall–Kier alpha value is -4.78. The van der Waals surface area contributed by atoms with Crippen LogP contribution >= 0.6 is 0 Å². The number of hydrogen-bond acceptors (Lipinski definition) is 7. The molecular formula is C30H28FN7O2. The molecular weight excluding hydrogens is 509 g/mol. The first-order valence-electron chi connectivity index (χ1n) is 13.0. The van der Waals surface area contributed by atoms with Gasteiger partial charge in [0.25, 0.3) is 5.91 Å². The quantitative estimate of drug-likeness (QED) is 0.437. The fourth-order valence-corrected chi connectivity index (χ4v) is 4.33. The van der Waals surface area contributed by atoms with Crippen LogP contribution in [0.1, 0.15) is 61.8 Å². The van der Waals surface area contributed by atoms with Gasteiger partial charge in [0.05, 0.1) is 28.6 Å². The van der Waals surface area contributed by atoms with E-state index in [1.165, 1.54) is 24.4 Å². The van der Waals surface area contributed by atoms with E-state index >= 15 is 0 Å². The number of carbonyl (C=O) groups is 2. The van der Waals surface area contributed by atoms with E-state index in [9.17, 15) is 19.2 Å². The average Bonchev–Trinajstić information content (AvgIpc) is 3.81. The van der Waals surface area contributed by atoms with Crippen LogP contribution in [0.2, 0.25) is 0 Å². The molecule has 0 radical (unpaired) electrons. The van der Waals surface area contributed by atoms with Crippen molar-refractivity contribution < 1.29 is 14.0 Å². The molecule has 0 aromatic carbocycles. The Morgan fingerprint density at radius 2 is 1.82 bits per heavy atom. The summed E-state index contributed by atoms with van der Waals surface area (Å²) in [5, 5.41) is 14.9. The number of rotatable bonds is 7. The Bertz CT molecular complexity index is 1600. The van der Waals surface area contributed by atoms with Gasteiger partial charge in [0.2, 0.25) is 5.91 Å². The summed E-state index contributed by atoms with van der Waals surface area (Å²) in [5.74, 6) is -0.189. The number of nitrogens with zero attached hydrogens (tertiary/aromatic N) is 5. The lowest BCUT2D eigenvalue weighted by molar-refractivity contribution is -0.117. The lowest BCUT2D eigenvalue weighted by Crippen LogP contribution is -2.30. The molecule has 2 aliphatic carbocycles. The molecule has 0 bridgehead atoms. The van der Waals surface area contributed by atoms with Crippen molar-refractivity contribution in [2.75, 3.05) is 5.32 Å². The highest BCUT2D eigenvalue weighted by Gasteiger charge is 2.32. The molecule has 1 saturated carbocycles. The van der Waals surface area contributed by atoms with Crippen LogP contribution in [0.3, 0.4) is 0 Å². The Labute approximate surface area is 231 Å². The normalized spacial score (nSPS) is 18.7. The number of hydrogen-bond donors (Lipinski definition) is 2. The van der Waals surface area contributed by atoms with Crippen molar-refractivity contribution >= 4 is 17.6 Å². The first-order valence-corrected chi connectivity index (χ1v) is 13.0. The maximum Gasteiger partial charge on any atom is 0.255 e. The van der Waals surface area contributed by atoms with Gasteiger partial charge < -0.3 is 10.6 Å². The summed E-state index contributed by atoms with van der Waals surface area (Å²) in [6.45, 7) is 5.32. The molecule has 5 rings (SSSR count). The zero-order valence-corrected chi connectivity index (χ0v) is 22.4. The number of nitrogens with one attached hydrogen (secondary N) is 2. The molecule has 2 aliphatic rings. The number of aromatic nitrogens is 4. The Balaban J connectivity index is 1.39. The summed E-state index contributed by atoms with van der Waals surface area (Å²) in [7, 11) is 0. The number of nitriles is 1. The van der Waals surface area contributed by atoms with Crippen molar-refractivity contribution in [1.82, 2.24) is 25.3 Å². The monoisotopic (exact) mass is 537 g/mol. The second-order valence-electron chi connectivity index (χ2n) is 10.8. The van der Waals surface area contributed by atoms with E-state index < -0.39 is 22.6 Å². The van der Waals surface area contributed by atoms with Crippen molar-refractivity contribution in [1.29, 1.82) is 5.26 Å². The lowest BCUT2D eigenvalue weighted by Gasteiger charge is -2.29. The molecule has 202 valence electrons. The van der Waals surface area contributed by atoms with Crippen molar-refractivity contribution in [2.24, 2.45) is 5.92 Å². The molecule has 1 atom stereocenters. The van der Waals surface area contributed by atoms with E-state index in [1.54, 1.807) is 50.5 Å². The van der Waals surface area contributed by atoms with Crippen LogP contribution in [-0.4, -0.2) is 31.8 Å². The van der Waals surface area contributed by atoms with Crippen molar-refractivity contribution in [3.05, 3.63) is 89.5 Å². The lowest BCUT2D eigenvalue weighted by atomic mass is 9.79. The van der Waals surface area contributed by atoms with E-state index in [2.05, 4.69) is 31.7 Å². The number of halogens is 1. The summed E-state index contributed by atoms with van der Waals surface area (Å²) in [6.07, 6.45) is 9.86. The first-order chi connectivity index (χ1) is 19.1. The number of pyridine rings is 2. The summed E-state index contributed by atoms with van der Waals surface area (Å²) in [6, 6.07) is 10.5. The molecule has 0 saturated heterocycles. The molecule has 1 unspecified atom stereocenters. The van der Waals surface area contributed by atoms with Gasteiger partial charge in [-0.3, -0.25) is 14.6 Å². The van der Waals surface area contributed by atoms with Crippen molar-refractivity contribution in [2.45, 2.75) is 50.9 Å². The van der Waals surface area contributed by atoms with Gasteiger partial charge in [-0.2, -0.15) is 5.26 Å². The number of allylic oxidation sites excluding steroid dienone is 3. The second-order valence-corrected chi connectivity index (χ2v) is 10.8. The molecule has 3 heterocycles. The third-order valence-electron chi connectivity index (χ3n) is 7.07. The number of anilines is 1. The minimum absolute atomic E-state index is 0.0332. The molecule has 0 spiro atoms. The van der Waals surface area contributed by atoms with E-state index in [-0.39, 0.29) is 23.1 Å². The Morgan fingerprint density at radius 3 is 2.58 bits per heavy atom. The van der Waals surface area contributed by atoms with Gasteiger partial charge in [0, 0.05) is 41.1 Å². The zero-order chi connectivity index (χ0) is 28.5. The molecule has 40 heavy (non-hydrogen) atoms. The summed E-state index contributed by atoms with van der Waals surface area (Å²) >= 11 is 0. The van der Waals surface area contributed by atoms with E-state index in [0.29, 0.717) is 35.0 Å². The van der Waals surface area contributed by atoms with Crippen LogP contribution in [0.5, 0.6) is 0 Å². The Kier molecular flexibility index (Phi) is 6.98. The van der Waals surface area contributed by atoms with Gasteiger partial charge in [0.15, 0.2) is 5.82 Å². The Morgan fingerprint density at radius 1 is 1.07 bits per heavy atom. The second kappa shape index (κ2) is 10.4. The minimum atomic E-state index is -0.882. The maximum atomic E-state index is 14.9. The van der Waals surface area contributed by atoms with E-state index in [4.69, 9.17) is 4.98 Å². The van der Waals surface area contributed by atoms with Crippen LogP contribution in [0, 0.1) is 17.2 Å². The molecule has 3 aromatic rings. The largest absolute Gasteiger partial charge is 0.320 e. The zero-order valence-electron chi connectivity index (χ0n) is 22.4. The minimum Gasteiger partial charge on any atom is -0.320 e. The summed E-state index contributed by atoms with van der Waals surface area (Å²) in [4.78, 5) is 42.8. The summed E-state index contributed by atoms with van der Waals surface area (Å²) in [5.41, 5.74) is 0.434. The smallest absolute Gasteiger partial charge is 0.255 e. The van der Waals surface area contributed by atoms with Gasteiger partial charge in [-0.15, -0.1) is 0 Å². The highest BCUT2D eigenvalue weighted by Crippen LogP contribution is 2.36. The highest BCUT2D eigenvalue weighted by atomic mass is 19.1. The number of amides is 2. The van der Waals surface area contributed by atoms with Crippen molar-refractivity contribution in [3.8, 4) is 17.5 Å². The molecule has 3 aromatic heterocycles. The molecule has 2 amide bonds. The van der Waals surface area contributed by atoms with Gasteiger partial charge in [0.1, 0.15) is 11.6 Å². The molecule has 2 N–H and O–H groups in total. The fraction of sp³-hybridized carbons (Fsp3) is 0.300. The standard InChI is InChI=1S/C30H28FN7O2/c1-29(2,17-32)24-14-20(8-11-33-24)28(40)36-22-16-30(3,10-6-21(22)31)23-9-13-35-26(37-23)19-7-12-34-25(15-19)38-27(39)18-4-5-18/h6-9,11-16,18H,4-5,10H2,1-3H3,(H,36,40)(H,34,38,39). The fourth-order valence-electron chi connectivity index (χ4n) is 4.33. The van der Waals surface area contributed by atoms with Crippen LogP contribution < -0.4 is 10.6 Å². The van der Waals surface area contributed by atoms with Crippen molar-refractivity contribution in [3.63, 3.8) is 0 Å². The van der Waals surface area contributed by atoms with Crippen LogP contribution in [0.25, 0.3) is 11.4 Å². The van der Waals surface area contributed by atoms with Crippen LogP contribution in [-0.2, 0) is 15.6 Å². The highest BCUT2D eigenvalue weighted by molar-refractivity contribution is 5.96. The first kappa shape index (κ1) is 26.8. The molecule has 0 aliphatic heterocycles. The van der Waals surface area contributed by atoms with Gasteiger partial charge in [-0.1, -0.05) is 6.92 Å². The van der Waals surface area contributed by atoms with Gasteiger partial charge in [-0.25, -0.2) is 19.3 Å². The molecule has 10 heteroatoms. The topological polar surface area (TPSA) is 134 Å². The van der Waals surface area contributed by atoms with E-state index in [0.717, 1.165) is 12.8 Å². The molecule has 9 nitrogen and oxygen atoms in total. The third-order valence-corrected chi connectivity index (χ3v) is 7.07. The van der Waals surface area contributed by atoms with Crippen LogP contribution in [0.15, 0.2) is 72.6 Å². The SMILES string of the molecule is CC(C)(C#N)c1cc(C(=O)NC2=CC(C)(c3ccnc(-c4ccnc(NC(=O)C5CC5)c4)n3)CC=C2F)ccn1. The predicted molar refractivity (Wildman–Crippen MR) is 146 cm³/mol. The summed E-state index contributed by atoms with van der Waals surface area (Å²) < 4.78 is 14.9. The number of carbonyl (C=O) groups excluding carboxylic acids is 2. The predicted octanol–water partition coefficient (Wildman–Crippen LogP) is 4.91. The molecule has 1 fully saturated rings. The average molecular weight is 538 g/mol.